The van der Waals surface area contributed by atoms with Gasteiger partial charge < -0.3 is 14.6 Å². The number of hydrogen-bond donors (Lipinski definition) is 2. The Kier molecular flexibility index (Phi) is 5.02. The highest BCUT2D eigenvalue weighted by Gasteiger charge is 2.21. The molecule has 0 atom stereocenters. The molecule has 1 fully saturated rings. The topological polar surface area (TPSA) is 103 Å². The van der Waals surface area contributed by atoms with Gasteiger partial charge in [0.05, 0.1) is 0 Å². The summed E-state index contributed by atoms with van der Waals surface area (Å²) in [7, 11) is -2.19. The molecule has 0 unspecified atom stereocenters. The van der Waals surface area contributed by atoms with Crippen LogP contribution in [0.1, 0.15) is 29.8 Å². The Labute approximate surface area is 124 Å². The van der Waals surface area contributed by atoms with Crippen molar-refractivity contribution in [2.45, 2.75) is 24.2 Å². The van der Waals surface area contributed by atoms with Crippen LogP contribution in [0.4, 0.5) is 0 Å². The molecule has 1 amide bonds. The molecule has 2 rings (SSSR count). The minimum atomic E-state index is -3.79. The predicted molar refractivity (Wildman–Crippen MR) is 77.3 cm³/mol. The van der Waals surface area contributed by atoms with Crippen molar-refractivity contribution < 1.29 is 17.9 Å². The van der Waals surface area contributed by atoms with E-state index in [1.54, 1.807) is 7.05 Å². The molecule has 0 bridgehead atoms. The first-order valence-corrected chi connectivity index (χ1v) is 8.47. The number of sulfonamides is 1. The standard InChI is InChI=1S/C13H21N3O4S/c1-16-8-11(21(14,18)19)7-12(16)13(17)15-5-2-6-20-9-10-3-4-10/h7-8,10H,2-6,9H2,1H3,(H,15,17)(H2,14,18,19). The van der Waals surface area contributed by atoms with E-state index in [2.05, 4.69) is 5.32 Å². The van der Waals surface area contributed by atoms with E-state index in [0.29, 0.717) is 13.2 Å². The zero-order chi connectivity index (χ0) is 15.5. The third-order valence-corrected chi connectivity index (χ3v) is 4.22. The third-order valence-electron chi connectivity index (χ3n) is 3.34. The van der Waals surface area contributed by atoms with Gasteiger partial charge in [-0.3, -0.25) is 4.79 Å². The van der Waals surface area contributed by atoms with E-state index in [0.717, 1.165) is 18.9 Å². The van der Waals surface area contributed by atoms with Crippen molar-refractivity contribution in [3.63, 3.8) is 0 Å². The lowest BCUT2D eigenvalue weighted by Gasteiger charge is -2.06. The molecule has 0 aliphatic heterocycles. The second kappa shape index (κ2) is 6.59. The summed E-state index contributed by atoms with van der Waals surface area (Å²) in [6.07, 6.45) is 4.57. The van der Waals surface area contributed by atoms with Crippen LogP contribution in [0.2, 0.25) is 0 Å². The number of rotatable bonds is 8. The lowest BCUT2D eigenvalue weighted by molar-refractivity contribution is 0.0929. The van der Waals surface area contributed by atoms with Crippen LogP contribution in [-0.4, -0.2) is 38.7 Å². The summed E-state index contributed by atoms with van der Waals surface area (Å²) in [5.41, 5.74) is 0.262. The lowest BCUT2D eigenvalue weighted by Crippen LogP contribution is -2.27. The summed E-state index contributed by atoms with van der Waals surface area (Å²) in [4.78, 5) is 11.9. The van der Waals surface area contributed by atoms with Gasteiger partial charge in [-0.25, -0.2) is 13.6 Å². The molecule has 21 heavy (non-hydrogen) atoms. The molecule has 0 aromatic carbocycles. The van der Waals surface area contributed by atoms with Gasteiger partial charge in [0.2, 0.25) is 10.0 Å². The van der Waals surface area contributed by atoms with Gasteiger partial charge in [-0.1, -0.05) is 0 Å². The maximum absolute atomic E-state index is 11.9. The summed E-state index contributed by atoms with van der Waals surface area (Å²) in [6.45, 7) is 1.91. The summed E-state index contributed by atoms with van der Waals surface area (Å²) >= 11 is 0. The number of nitrogens with zero attached hydrogens (tertiary/aromatic N) is 1. The SMILES string of the molecule is Cn1cc(S(N)(=O)=O)cc1C(=O)NCCCOCC1CC1. The zero-order valence-electron chi connectivity index (χ0n) is 12.0. The Morgan fingerprint density at radius 3 is 2.81 bits per heavy atom. The van der Waals surface area contributed by atoms with Crippen LogP contribution in [0.25, 0.3) is 0 Å². The second-order valence-corrected chi connectivity index (χ2v) is 6.91. The minimum absolute atomic E-state index is 0.0667. The molecule has 8 heteroatoms. The largest absolute Gasteiger partial charge is 0.381 e. The maximum Gasteiger partial charge on any atom is 0.267 e. The molecule has 0 radical (unpaired) electrons. The number of carbonyl (C=O) groups excluding carboxylic acids is 1. The van der Waals surface area contributed by atoms with Crippen molar-refractivity contribution in [1.29, 1.82) is 0 Å². The fourth-order valence-corrected chi connectivity index (χ4v) is 2.50. The number of amides is 1. The summed E-state index contributed by atoms with van der Waals surface area (Å²) < 4.78 is 29.4. The molecule has 0 spiro atoms. The second-order valence-electron chi connectivity index (χ2n) is 5.34. The molecule has 1 aromatic heterocycles. The Bertz CT molecular complexity index is 605. The Balaban J connectivity index is 1.75. The molecule has 1 saturated carbocycles. The van der Waals surface area contributed by atoms with Crippen molar-refractivity contribution in [2.75, 3.05) is 19.8 Å². The van der Waals surface area contributed by atoms with Gasteiger partial charge in [0.1, 0.15) is 10.6 Å². The van der Waals surface area contributed by atoms with E-state index < -0.39 is 10.0 Å². The number of aromatic nitrogens is 1. The van der Waals surface area contributed by atoms with Gasteiger partial charge in [-0.05, 0) is 31.2 Å². The van der Waals surface area contributed by atoms with Crippen LogP contribution in [0.3, 0.4) is 0 Å². The van der Waals surface area contributed by atoms with Gasteiger partial charge in [-0.2, -0.15) is 0 Å². The smallest absolute Gasteiger partial charge is 0.267 e. The highest BCUT2D eigenvalue weighted by atomic mass is 32.2. The number of carbonyl (C=O) groups is 1. The number of nitrogens with one attached hydrogen (secondary N) is 1. The van der Waals surface area contributed by atoms with Gasteiger partial charge >= 0.3 is 0 Å². The third kappa shape index (κ3) is 4.83. The Morgan fingerprint density at radius 1 is 1.52 bits per heavy atom. The van der Waals surface area contributed by atoms with Gasteiger partial charge in [0.15, 0.2) is 0 Å². The average Bonchev–Trinajstić information content (AvgIpc) is 3.13. The fraction of sp³-hybridized carbons (Fsp3) is 0.615. The maximum atomic E-state index is 11.9. The molecule has 118 valence electrons. The average molecular weight is 315 g/mol. The van der Waals surface area contributed by atoms with Crippen LogP contribution in [0, 0.1) is 5.92 Å². The fourth-order valence-electron chi connectivity index (χ4n) is 1.92. The molecular weight excluding hydrogens is 294 g/mol. The molecule has 1 aromatic rings. The molecule has 1 aliphatic carbocycles. The first-order chi connectivity index (χ1) is 9.88. The Hall–Kier alpha value is -1.38. The molecule has 7 nitrogen and oxygen atoms in total. The number of aryl methyl sites for hydroxylation is 1. The number of hydrogen-bond acceptors (Lipinski definition) is 4. The quantitative estimate of drug-likeness (QED) is 0.670. The normalized spacial score (nSPS) is 15.1. The van der Waals surface area contributed by atoms with Crippen LogP contribution < -0.4 is 10.5 Å². The summed E-state index contributed by atoms with van der Waals surface area (Å²) in [5, 5.41) is 7.77. The zero-order valence-corrected chi connectivity index (χ0v) is 12.9. The van der Waals surface area contributed by atoms with E-state index in [9.17, 15) is 13.2 Å². The lowest BCUT2D eigenvalue weighted by atomic mass is 10.3. The van der Waals surface area contributed by atoms with Crippen LogP contribution >= 0.6 is 0 Å². The molecule has 0 saturated heterocycles. The highest BCUT2D eigenvalue weighted by Crippen LogP contribution is 2.28. The van der Waals surface area contributed by atoms with E-state index in [1.807, 2.05) is 0 Å². The van der Waals surface area contributed by atoms with E-state index in [1.165, 1.54) is 29.7 Å². The Morgan fingerprint density at radius 2 is 2.24 bits per heavy atom. The molecular formula is C13H21N3O4S. The van der Waals surface area contributed by atoms with Gasteiger partial charge in [-0.15, -0.1) is 0 Å². The minimum Gasteiger partial charge on any atom is -0.381 e. The van der Waals surface area contributed by atoms with Crippen molar-refractivity contribution >= 4 is 15.9 Å². The first kappa shape index (κ1) is 16.0. The molecule has 1 aliphatic rings. The summed E-state index contributed by atoms with van der Waals surface area (Å²) in [6, 6.07) is 1.27. The monoisotopic (exact) mass is 315 g/mol. The van der Waals surface area contributed by atoms with E-state index in [4.69, 9.17) is 9.88 Å². The number of ether oxygens (including phenoxy) is 1. The van der Waals surface area contributed by atoms with E-state index in [-0.39, 0.29) is 16.5 Å². The van der Waals surface area contributed by atoms with Crippen LogP contribution in [-0.2, 0) is 21.8 Å². The van der Waals surface area contributed by atoms with Crippen LogP contribution in [0.5, 0.6) is 0 Å². The van der Waals surface area contributed by atoms with Gasteiger partial charge in [0, 0.05) is 33.0 Å². The molecule has 3 N–H and O–H groups in total. The molecule has 1 heterocycles. The van der Waals surface area contributed by atoms with Crippen molar-refractivity contribution in [3.05, 3.63) is 18.0 Å². The van der Waals surface area contributed by atoms with Crippen molar-refractivity contribution in [1.82, 2.24) is 9.88 Å². The van der Waals surface area contributed by atoms with E-state index >= 15 is 0 Å². The highest BCUT2D eigenvalue weighted by molar-refractivity contribution is 7.89. The predicted octanol–water partition coefficient (Wildman–Crippen LogP) is 0.219. The number of nitrogens with two attached hydrogens (primary N) is 1. The number of primary sulfonamides is 1. The first-order valence-electron chi connectivity index (χ1n) is 6.93. The van der Waals surface area contributed by atoms with Crippen molar-refractivity contribution in [2.24, 2.45) is 18.1 Å². The van der Waals surface area contributed by atoms with Gasteiger partial charge in [0.25, 0.3) is 5.91 Å². The summed E-state index contributed by atoms with van der Waals surface area (Å²) in [5.74, 6) is 0.411. The van der Waals surface area contributed by atoms with Crippen molar-refractivity contribution in [3.8, 4) is 0 Å². The van der Waals surface area contributed by atoms with Crippen LogP contribution in [0.15, 0.2) is 17.2 Å².